The summed E-state index contributed by atoms with van der Waals surface area (Å²) in [5.74, 6) is -1.57. The fourth-order valence-corrected chi connectivity index (χ4v) is 1.80. The van der Waals surface area contributed by atoms with E-state index in [1.54, 1.807) is 0 Å². The highest BCUT2D eigenvalue weighted by Gasteiger charge is 2.48. The second-order valence-electron chi connectivity index (χ2n) is 3.98. The second kappa shape index (κ2) is 3.85. The molecule has 1 N–H and O–H groups in total. The number of aliphatic carboxylic acids is 1. The Balaban J connectivity index is 2.90. The maximum atomic E-state index is 11.9. The average Bonchev–Trinajstić information content (AvgIpc) is 2.44. The number of nitrogens with zero attached hydrogens (tertiary/aromatic N) is 1. The number of carbonyl (C=O) groups is 2. The molecule has 1 amide bonds. The van der Waals surface area contributed by atoms with E-state index in [1.807, 2.05) is 13.8 Å². The van der Waals surface area contributed by atoms with Crippen molar-refractivity contribution in [2.75, 3.05) is 6.54 Å². The number of carbonyl (C=O) groups excluding carboxylic acids is 1. The number of hydrogen-bond donors (Lipinski definition) is 1. The number of alkyl halides is 1. The van der Waals surface area contributed by atoms with E-state index in [1.165, 1.54) is 0 Å². The number of amides is 1. The quantitative estimate of drug-likeness (QED) is 0.591. The zero-order valence-corrected chi connectivity index (χ0v) is 9.54. The Kier molecular flexibility index (Phi) is 3.09. The van der Waals surface area contributed by atoms with Gasteiger partial charge in [0.15, 0.2) is 0 Å². The Labute approximate surface area is 93.5 Å². The van der Waals surface area contributed by atoms with Crippen LogP contribution in [0.4, 0.5) is 0 Å². The standard InChI is InChI=1S/C10H14ClNO3/c1-6(2)10(11)4-5-12(9(10)15)7(3)8(13)14/h6H,3-5H2,1-2H3,(H,13,14)/t10-/m0/s1. The molecule has 15 heavy (non-hydrogen) atoms. The normalized spacial score (nSPS) is 26.1. The van der Waals surface area contributed by atoms with E-state index < -0.39 is 10.8 Å². The zero-order valence-electron chi connectivity index (χ0n) is 8.79. The van der Waals surface area contributed by atoms with E-state index in [0.717, 1.165) is 4.90 Å². The summed E-state index contributed by atoms with van der Waals surface area (Å²) in [5, 5.41) is 8.73. The van der Waals surface area contributed by atoms with Gasteiger partial charge >= 0.3 is 5.97 Å². The number of carboxylic acid groups (broad SMARTS) is 1. The van der Waals surface area contributed by atoms with Crippen LogP contribution >= 0.6 is 11.6 Å². The highest BCUT2D eigenvalue weighted by molar-refractivity contribution is 6.36. The first-order valence-electron chi connectivity index (χ1n) is 4.73. The Hall–Kier alpha value is -1.03. The predicted molar refractivity (Wildman–Crippen MR) is 56.5 cm³/mol. The van der Waals surface area contributed by atoms with Crippen LogP contribution in [-0.4, -0.2) is 33.3 Å². The summed E-state index contributed by atoms with van der Waals surface area (Å²) in [5.41, 5.74) is -0.205. The molecule has 1 atom stereocenters. The molecule has 5 heteroatoms. The van der Waals surface area contributed by atoms with Crippen LogP contribution in [0.3, 0.4) is 0 Å². The summed E-state index contributed by atoms with van der Waals surface area (Å²) in [6.07, 6.45) is 0.456. The first-order valence-corrected chi connectivity index (χ1v) is 5.11. The van der Waals surface area contributed by atoms with Crippen LogP contribution in [0, 0.1) is 5.92 Å². The minimum absolute atomic E-state index is 0.0294. The molecule has 0 aromatic heterocycles. The molecule has 0 spiro atoms. The van der Waals surface area contributed by atoms with Crippen molar-refractivity contribution in [2.45, 2.75) is 25.1 Å². The first-order chi connectivity index (χ1) is 6.80. The molecule has 0 aromatic rings. The highest BCUT2D eigenvalue weighted by atomic mass is 35.5. The van der Waals surface area contributed by atoms with E-state index in [2.05, 4.69) is 6.58 Å². The van der Waals surface area contributed by atoms with E-state index >= 15 is 0 Å². The minimum Gasteiger partial charge on any atom is -0.477 e. The molecular weight excluding hydrogens is 218 g/mol. The van der Waals surface area contributed by atoms with E-state index in [-0.39, 0.29) is 17.5 Å². The van der Waals surface area contributed by atoms with Gasteiger partial charge < -0.3 is 10.0 Å². The molecule has 0 aliphatic carbocycles. The fraction of sp³-hybridized carbons (Fsp3) is 0.600. The fourth-order valence-electron chi connectivity index (χ4n) is 1.62. The Bertz CT molecular complexity index is 327. The third-order valence-corrected chi connectivity index (χ3v) is 3.57. The third kappa shape index (κ3) is 1.86. The van der Waals surface area contributed by atoms with Gasteiger partial charge in [-0.25, -0.2) is 4.79 Å². The molecule has 4 nitrogen and oxygen atoms in total. The molecular formula is C10H14ClNO3. The molecule has 0 aromatic carbocycles. The van der Waals surface area contributed by atoms with Crippen LogP contribution in [-0.2, 0) is 9.59 Å². The number of hydrogen-bond acceptors (Lipinski definition) is 2. The van der Waals surface area contributed by atoms with Crippen LogP contribution in [0.15, 0.2) is 12.3 Å². The molecule has 1 aliphatic heterocycles. The van der Waals surface area contributed by atoms with Crippen LogP contribution in [0.2, 0.25) is 0 Å². The highest BCUT2D eigenvalue weighted by Crippen LogP contribution is 2.37. The lowest BCUT2D eigenvalue weighted by Crippen LogP contribution is -2.40. The smallest absolute Gasteiger partial charge is 0.351 e. The SMILES string of the molecule is C=C(C(=O)O)N1CC[C@](Cl)(C(C)C)C1=O. The van der Waals surface area contributed by atoms with Gasteiger partial charge in [0.1, 0.15) is 10.6 Å². The zero-order chi connectivity index (χ0) is 11.8. The van der Waals surface area contributed by atoms with Crippen molar-refractivity contribution < 1.29 is 14.7 Å². The minimum atomic E-state index is -1.19. The van der Waals surface area contributed by atoms with Gasteiger partial charge in [0.05, 0.1) is 0 Å². The first kappa shape index (κ1) is 12.0. The number of halogens is 1. The van der Waals surface area contributed by atoms with Crippen molar-refractivity contribution >= 4 is 23.5 Å². The van der Waals surface area contributed by atoms with Gasteiger partial charge in [0, 0.05) is 6.54 Å². The van der Waals surface area contributed by atoms with Crippen LogP contribution < -0.4 is 0 Å². The summed E-state index contributed by atoms with van der Waals surface area (Å²) in [7, 11) is 0. The van der Waals surface area contributed by atoms with E-state index in [0.29, 0.717) is 13.0 Å². The molecule has 0 bridgehead atoms. The van der Waals surface area contributed by atoms with Crippen molar-refractivity contribution in [3.05, 3.63) is 12.3 Å². The molecule has 1 aliphatic rings. The maximum Gasteiger partial charge on any atom is 0.351 e. The van der Waals surface area contributed by atoms with Gasteiger partial charge in [-0.3, -0.25) is 4.79 Å². The maximum absolute atomic E-state index is 11.9. The summed E-state index contributed by atoms with van der Waals surface area (Å²) in [6.45, 7) is 7.37. The summed E-state index contributed by atoms with van der Waals surface area (Å²) in [4.78, 5) is 22.7. The average molecular weight is 232 g/mol. The molecule has 1 rings (SSSR count). The van der Waals surface area contributed by atoms with Crippen molar-refractivity contribution in [1.29, 1.82) is 0 Å². The predicted octanol–water partition coefficient (Wildman–Crippen LogP) is 1.45. The number of rotatable bonds is 3. The Morgan fingerprint density at radius 1 is 1.67 bits per heavy atom. The van der Waals surface area contributed by atoms with Crippen LogP contribution in [0.5, 0.6) is 0 Å². The molecule has 1 fully saturated rings. The van der Waals surface area contributed by atoms with Gasteiger partial charge in [0.2, 0.25) is 5.91 Å². The second-order valence-corrected chi connectivity index (χ2v) is 4.65. The number of carboxylic acids is 1. The summed E-state index contributed by atoms with van der Waals surface area (Å²) >= 11 is 6.17. The Morgan fingerprint density at radius 2 is 2.20 bits per heavy atom. The van der Waals surface area contributed by atoms with Gasteiger partial charge in [-0.15, -0.1) is 11.6 Å². The van der Waals surface area contributed by atoms with E-state index in [9.17, 15) is 9.59 Å². The Morgan fingerprint density at radius 3 is 2.53 bits per heavy atom. The third-order valence-electron chi connectivity index (χ3n) is 2.79. The topological polar surface area (TPSA) is 57.6 Å². The lowest BCUT2D eigenvalue weighted by Gasteiger charge is -2.24. The summed E-state index contributed by atoms with van der Waals surface area (Å²) < 4.78 is 0. The molecule has 0 unspecified atom stereocenters. The van der Waals surface area contributed by atoms with Crippen LogP contribution in [0.25, 0.3) is 0 Å². The molecule has 1 heterocycles. The van der Waals surface area contributed by atoms with Crippen molar-refractivity contribution in [3.8, 4) is 0 Å². The molecule has 1 saturated heterocycles. The molecule has 84 valence electrons. The number of likely N-dealkylation sites (tertiary alicyclic amines) is 1. The lowest BCUT2D eigenvalue weighted by molar-refractivity contribution is -0.139. The van der Waals surface area contributed by atoms with Crippen LogP contribution in [0.1, 0.15) is 20.3 Å². The molecule has 0 saturated carbocycles. The van der Waals surface area contributed by atoms with Gasteiger partial charge in [0.25, 0.3) is 0 Å². The van der Waals surface area contributed by atoms with Gasteiger partial charge in [-0.05, 0) is 12.3 Å². The van der Waals surface area contributed by atoms with Crippen molar-refractivity contribution in [2.24, 2.45) is 5.92 Å². The van der Waals surface area contributed by atoms with Gasteiger partial charge in [-0.1, -0.05) is 20.4 Å². The lowest BCUT2D eigenvalue weighted by atomic mass is 9.93. The molecule has 0 radical (unpaired) electrons. The van der Waals surface area contributed by atoms with Crippen molar-refractivity contribution in [3.63, 3.8) is 0 Å². The van der Waals surface area contributed by atoms with Gasteiger partial charge in [-0.2, -0.15) is 0 Å². The monoisotopic (exact) mass is 231 g/mol. The van der Waals surface area contributed by atoms with E-state index in [4.69, 9.17) is 16.7 Å². The largest absolute Gasteiger partial charge is 0.477 e. The summed E-state index contributed by atoms with van der Waals surface area (Å²) in [6, 6.07) is 0. The van der Waals surface area contributed by atoms with Crippen molar-refractivity contribution in [1.82, 2.24) is 4.90 Å².